The van der Waals surface area contributed by atoms with Gasteiger partial charge in [-0.1, -0.05) is 6.92 Å². The predicted octanol–water partition coefficient (Wildman–Crippen LogP) is 1.68. The van der Waals surface area contributed by atoms with Crippen LogP contribution in [0.3, 0.4) is 0 Å². The van der Waals surface area contributed by atoms with E-state index in [-0.39, 0.29) is 18.4 Å². The van der Waals surface area contributed by atoms with Crippen molar-refractivity contribution in [2.45, 2.75) is 45.1 Å². The Morgan fingerprint density at radius 1 is 1.39 bits per heavy atom. The highest BCUT2D eigenvalue weighted by Gasteiger charge is 2.31. The van der Waals surface area contributed by atoms with Gasteiger partial charge in [0.2, 0.25) is 0 Å². The fourth-order valence-corrected chi connectivity index (χ4v) is 2.59. The minimum Gasteiger partial charge on any atom is -0.481 e. The fraction of sp³-hybridized carbons (Fsp3) is 0.846. The predicted molar refractivity (Wildman–Crippen MR) is 67.3 cm³/mol. The van der Waals surface area contributed by atoms with E-state index in [4.69, 9.17) is 5.11 Å². The van der Waals surface area contributed by atoms with E-state index in [0.29, 0.717) is 18.5 Å². The molecule has 0 radical (unpaired) electrons. The first kappa shape index (κ1) is 13.2. The number of urea groups is 1. The minimum atomic E-state index is -0.748. The number of amides is 2. The van der Waals surface area contributed by atoms with Gasteiger partial charge in [0.05, 0.1) is 0 Å². The van der Waals surface area contributed by atoms with Gasteiger partial charge >= 0.3 is 12.0 Å². The molecule has 1 saturated heterocycles. The van der Waals surface area contributed by atoms with Gasteiger partial charge in [-0.2, -0.15) is 0 Å². The molecule has 5 heteroatoms. The Morgan fingerprint density at radius 2 is 2.11 bits per heavy atom. The molecule has 1 heterocycles. The molecule has 5 nitrogen and oxygen atoms in total. The highest BCUT2D eigenvalue weighted by Crippen LogP contribution is 2.27. The standard InChI is InChI=1S/C13H22N2O3/c1-9(7-12(16)17)10-3-2-6-15(8-10)13(18)14-11-4-5-11/h9-11H,2-8H2,1H3,(H,14,18)(H,16,17). The number of carboxylic acids is 1. The van der Waals surface area contributed by atoms with Crippen LogP contribution in [0.5, 0.6) is 0 Å². The Bertz CT molecular complexity index is 328. The number of carbonyl (C=O) groups is 2. The van der Waals surface area contributed by atoms with Crippen LogP contribution in [-0.2, 0) is 4.79 Å². The normalized spacial score (nSPS) is 25.6. The zero-order chi connectivity index (χ0) is 13.1. The Balaban J connectivity index is 1.82. The summed E-state index contributed by atoms with van der Waals surface area (Å²) in [6.45, 7) is 3.48. The molecule has 2 aliphatic rings. The molecule has 0 aromatic rings. The molecular formula is C13H22N2O3. The van der Waals surface area contributed by atoms with Crippen LogP contribution in [0, 0.1) is 11.8 Å². The summed E-state index contributed by atoms with van der Waals surface area (Å²) in [5.74, 6) is -0.291. The Kier molecular flexibility index (Phi) is 4.09. The van der Waals surface area contributed by atoms with E-state index < -0.39 is 5.97 Å². The van der Waals surface area contributed by atoms with Crippen molar-refractivity contribution >= 4 is 12.0 Å². The van der Waals surface area contributed by atoms with Crippen molar-refractivity contribution in [1.82, 2.24) is 10.2 Å². The van der Waals surface area contributed by atoms with Gasteiger partial charge in [0.15, 0.2) is 0 Å². The first-order chi connectivity index (χ1) is 8.56. The molecule has 1 saturated carbocycles. The zero-order valence-electron chi connectivity index (χ0n) is 10.9. The summed E-state index contributed by atoms with van der Waals surface area (Å²) < 4.78 is 0. The lowest BCUT2D eigenvalue weighted by molar-refractivity contribution is -0.138. The fourth-order valence-electron chi connectivity index (χ4n) is 2.59. The van der Waals surface area contributed by atoms with Crippen LogP contribution in [0.25, 0.3) is 0 Å². The first-order valence-corrected chi connectivity index (χ1v) is 6.83. The summed E-state index contributed by atoms with van der Waals surface area (Å²) in [6, 6.07) is 0.416. The number of hydrogen-bond donors (Lipinski definition) is 2. The monoisotopic (exact) mass is 254 g/mol. The SMILES string of the molecule is CC(CC(=O)O)C1CCCN(C(=O)NC2CC2)C1. The largest absolute Gasteiger partial charge is 0.481 e. The summed E-state index contributed by atoms with van der Waals surface area (Å²) in [6.07, 6.45) is 4.40. The molecule has 2 fully saturated rings. The third-order valence-electron chi connectivity index (χ3n) is 3.95. The summed E-state index contributed by atoms with van der Waals surface area (Å²) in [7, 11) is 0. The first-order valence-electron chi connectivity index (χ1n) is 6.83. The van der Waals surface area contributed by atoms with E-state index in [1.165, 1.54) is 0 Å². The van der Waals surface area contributed by atoms with Crippen LogP contribution in [0.15, 0.2) is 0 Å². The van der Waals surface area contributed by atoms with Crippen LogP contribution in [0.4, 0.5) is 4.79 Å². The minimum absolute atomic E-state index is 0.0322. The quantitative estimate of drug-likeness (QED) is 0.802. The van der Waals surface area contributed by atoms with Crippen molar-refractivity contribution in [3.63, 3.8) is 0 Å². The number of piperidine rings is 1. The second-order valence-electron chi connectivity index (χ2n) is 5.65. The number of likely N-dealkylation sites (tertiary alicyclic amines) is 1. The van der Waals surface area contributed by atoms with Gasteiger partial charge in [-0.3, -0.25) is 4.79 Å². The maximum Gasteiger partial charge on any atom is 0.317 e. The number of rotatable bonds is 4. The second-order valence-corrected chi connectivity index (χ2v) is 5.65. The van der Waals surface area contributed by atoms with Crippen molar-refractivity contribution in [1.29, 1.82) is 0 Å². The molecule has 0 spiro atoms. The molecule has 0 aromatic carbocycles. The van der Waals surface area contributed by atoms with Gasteiger partial charge < -0.3 is 15.3 Å². The van der Waals surface area contributed by atoms with Gasteiger partial charge in [-0.25, -0.2) is 4.79 Å². The molecule has 0 bridgehead atoms. The number of hydrogen-bond acceptors (Lipinski definition) is 2. The lowest BCUT2D eigenvalue weighted by Gasteiger charge is -2.35. The Hall–Kier alpha value is -1.26. The van der Waals surface area contributed by atoms with Gasteiger partial charge in [0.25, 0.3) is 0 Å². The molecule has 18 heavy (non-hydrogen) atoms. The van der Waals surface area contributed by atoms with E-state index in [1.54, 1.807) is 0 Å². The van der Waals surface area contributed by atoms with E-state index in [9.17, 15) is 9.59 Å². The smallest absolute Gasteiger partial charge is 0.317 e. The summed E-state index contributed by atoms with van der Waals surface area (Å²) in [4.78, 5) is 24.5. The molecule has 0 aromatic heterocycles. The molecule has 1 aliphatic heterocycles. The molecule has 2 atom stereocenters. The third kappa shape index (κ3) is 3.62. The van der Waals surface area contributed by atoms with E-state index in [0.717, 1.165) is 32.2 Å². The molecular weight excluding hydrogens is 232 g/mol. The van der Waals surface area contributed by atoms with Crippen molar-refractivity contribution in [3.8, 4) is 0 Å². The number of nitrogens with one attached hydrogen (secondary N) is 1. The van der Waals surface area contributed by atoms with Crippen LogP contribution in [0.1, 0.15) is 39.0 Å². The van der Waals surface area contributed by atoms with E-state index in [2.05, 4.69) is 5.32 Å². The van der Waals surface area contributed by atoms with Crippen molar-refractivity contribution in [2.24, 2.45) is 11.8 Å². The molecule has 2 rings (SSSR count). The number of nitrogens with zero attached hydrogens (tertiary/aromatic N) is 1. The van der Waals surface area contributed by atoms with Crippen molar-refractivity contribution in [2.75, 3.05) is 13.1 Å². The van der Waals surface area contributed by atoms with Crippen molar-refractivity contribution < 1.29 is 14.7 Å². The molecule has 2 amide bonds. The summed E-state index contributed by atoms with van der Waals surface area (Å²) >= 11 is 0. The average molecular weight is 254 g/mol. The van der Waals surface area contributed by atoms with Crippen LogP contribution in [0.2, 0.25) is 0 Å². The Morgan fingerprint density at radius 3 is 2.72 bits per heavy atom. The van der Waals surface area contributed by atoms with Crippen LogP contribution < -0.4 is 5.32 Å². The van der Waals surface area contributed by atoms with Gasteiger partial charge in [-0.15, -0.1) is 0 Å². The number of carboxylic acid groups (broad SMARTS) is 1. The molecule has 2 N–H and O–H groups in total. The average Bonchev–Trinajstić information content (AvgIpc) is 3.12. The van der Waals surface area contributed by atoms with Crippen molar-refractivity contribution in [3.05, 3.63) is 0 Å². The molecule has 102 valence electrons. The summed E-state index contributed by atoms with van der Waals surface area (Å²) in [5, 5.41) is 11.8. The van der Waals surface area contributed by atoms with Gasteiger partial charge in [-0.05, 0) is 37.5 Å². The van der Waals surface area contributed by atoms with E-state index in [1.807, 2.05) is 11.8 Å². The van der Waals surface area contributed by atoms with Gasteiger partial charge in [0, 0.05) is 25.6 Å². The Labute approximate surface area is 108 Å². The van der Waals surface area contributed by atoms with Crippen LogP contribution in [-0.4, -0.2) is 41.1 Å². The molecule has 1 aliphatic carbocycles. The molecule has 2 unspecified atom stereocenters. The lowest BCUT2D eigenvalue weighted by Crippen LogP contribution is -2.47. The third-order valence-corrected chi connectivity index (χ3v) is 3.95. The highest BCUT2D eigenvalue weighted by molar-refractivity contribution is 5.75. The highest BCUT2D eigenvalue weighted by atomic mass is 16.4. The van der Waals surface area contributed by atoms with E-state index >= 15 is 0 Å². The summed E-state index contributed by atoms with van der Waals surface area (Å²) in [5.41, 5.74) is 0. The maximum atomic E-state index is 11.9. The lowest BCUT2D eigenvalue weighted by atomic mass is 9.85. The number of aliphatic carboxylic acids is 1. The topological polar surface area (TPSA) is 69.6 Å². The maximum absolute atomic E-state index is 11.9. The van der Waals surface area contributed by atoms with Crippen LogP contribution >= 0.6 is 0 Å². The zero-order valence-corrected chi connectivity index (χ0v) is 10.9. The number of carbonyl (C=O) groups excluding carboxylic acids is 1. The van der Waals surface area contributed by atoms with Gasteiger partial charge in [0.1, 0.15) is 0 Å². The second kappa shape index (κ2) is 5.59.